The Balaban J connectivity index is 1.66. The monoisotopic (exact) mass is 280 g/mol. The molecule has 1 fully saturated rings. The Morgan fingerprint density at radius 2 is 2.15 bits per heavy atom. The van der Waals surface area contributed by atoms with E-state index in [1.54, 1.807) is 19.9 Å². The second kappa shape index (κ2) is 6.97. The molecule has 0 spiro atoms. The smallest absolute Gasteiger partial charge is 0.163 e. The van der Waals surface area contributed by atoms with Crippen LogP contribution in [-0.4, -0.2) is 31.3 Å². The number of rotatable bonds is 6. The largest absolute Gasteiger partial charge is 0.373 e. The van der Waals surface area contributed by atoms with Crippen molar-refractivity contribution in [3.8, 4) is 0 Å². The number of hydrogen-bond donors (Lipinski definition) is 0. The standard InChI is InChI=1S/C16H21FO3/c1-16(2)19-12-15(20-16)14(17)9-6-10-18-11-13-7-4-3-5-8-13/h3-9,14-15H,10-12H2,1-2H3/b9-6+/t14-,15+/m0/s1. The van der Waals surface area contributed by atoms with Gasteiger partial charge in [0.15, 0.2) is 5.79 Å². The molecule has 0 N–H and O–H groups in total. The van der Waals surface area contributed by atoms with Gasteiger partial charge in [-0.1, -0.05) is 36.4 Å². The third-order valence-electron chi connectivity index (χ3n) is 3.03. The molecule has 3 nitrogen and oxygen atoms in total. The highest BCUT2D eigenvalue weighted by atomic mass is 19.1. The second-order valence-electron chi connectivity index (χ2n) is 5.24. The van der Waals surface area contributed by atoms with Gasteiger partial charge in [-0.05, 0) is 25.5 Å². The third-order valence-corrected chi connectivity index (χ3v) is 3.03. The van der Waals surface area contributed by atoms with Gasteiger partial charge >= 0.3 is 0 Å². The Morgan fingerprint density at radius 3 is 2.80 bits per heavy atom. The van der Waals surface area contributed by atoms with Crippen molar-refractivity contribution in [2.45, 2.75) is 38.5 Å². The van der Waals surface area contributed by atoms with E-state index in [4.69, 9.17) is 14.2 Å². The van der Waals surface area contributed by atoms with Gasteiger partial charge in [0.05, 0.1) is 19.8 Å². The summed E-state index contributed by atoms with van der Waals surface area (Å²) in [5, 5.41) is 0. The number of halogens is 1. The van der Waals surface area contributed by atoms with Gasteiger partial charge in [-0.15, -0.1) is 0 Å². The lowest BCUT2D eigenvalue weighted by Gasteiger charge is -2.17. The first-order valence-electron chi connectivity index (χ1n) is 6.81. The molecule has 1 aromatic rings. The zero-order valence-corrected chi connectivity index (χ0v) is 11.9. The van der Waals surface area contributed by atoms with Crippen LogP contribution in [0.3, 0.4) is 0 Å². The van der Waals surface area contributed by atoms with E-state index in [1.165, 1.54) is 6.08 Å². The van der Waals surface area contributed by atoms with Gasteiger partial charge in [0, 0.05) is 0 Å². The van der Waals surface area contributed by atoms with Crippen molar-refractivity contribution in [2.24, 2.45) is 0 Å². The Kier molecular flexibility index (Phi) is 5.29. The van der Waals surface area contributed by atoms with E-state index in [-0.39, 0.29) is 6.61 Å². The van der Waals surface area contributed by atoms with E-state index in [1.807, 2.05) is 30.3 Å². The predicted molar refractivity (Wildman–Crippen MR) is 75.0 cm³/mol. The minimum atomic E-state index is -1.17. The van der Waals surface area contributed by atoms with Gasteiger partial charge in [0.1, 0.15) is 12.3 Å². The van der Waals surface area contributed by atoms with Gasteiger partial charge in [0.2, 0.25) is 0 Å². The summed E-state index contributed by atoms with van der Waals surface area (Å²) in [6.45, 7) is 4.76. The zero-order chi connectivity index (χ0) is 14.4. The summed E-state index contributed by atoms with van der Waals surface area (Å²) < 4.78 is 30.1. The summed E-state index contributed by atoms with van der Waals surface area (Å²) in [5.74, 6) is -0.688. The van der Waals surface area contributed by atoms with Crippen molar-refractivity contribution >= 4 is 0 Å². The van der Waals surface area contributed by atoms with Gasteiger partial charge in [-0.25, -0.2) is 4.39 Å². The topological polar surface area (TPSA) is 27.7 Å². The first-order valence-corrected chi connectivity index (χ1v) is 6.81. The Morgan fingerprint density at radius 1 is 1.40 bits per heavy atom. The number of ether oxygens (including phenoxy) is 3. The van der Waals surface area contributed by atoms with Crippen LogP contribution in [0.5, 0.6) is 0 Å². The predicted octanol–water partition coefficient (Wildman–Crippen LogP) is 3.25. The molecular weight excluding hydrogens is 259 g/mol. The maximum absolute atomic E-state index is 13.9. The van der Waals surface area contributed by atoms with E-state index < -0.39 is 18.1 Å². The molecule has 1 heterocycles. The van der Waals surface area contributed by atoms with E-state index in [0.29, 0.717) is 13.2 Å². The van der Waals surface area contributed by atoms with Crippen LogP contribution in [0.15, 0.2) is 42.5 Å². The Bertz CT molecular complexity index is 431. The molecule has 1 aliphatic rings. The van der Waals surface area contributed by atoms with E-state index in [0.717, 1.165) is 5.56 Å². The summed E-state index contributed by atoms with van der Waals surface area (Å²) >= 11 is 0. The van der Waals surface area contributed by atoms with Crippen LogP contribution in [0.2, 0.25) is 0 Å². The Hall–Kier alpha value is -1.23. The highest BCUT2D eigenvalue weighted by Crippen LogP contribution is 2.25. The summed E-state index contributed by atoms with van der Waals surface area (Å²) in [6, 6.07) is 9.87. The summed E-state index contributed by atoms with van der Waals surface area (Å²) in [5.41, 5.74) is 1.10. The van der Waals surface area contributed by atoms with Crippen molar-refractivity contribution in [3.63, 3.8) is 0 Å². The molecule has 2 atom stereocenters. The summed E-state index contributed by atoms with van der Waals surface area (Å²) in [6.07, 6.45) is 1.45. The van der Waals surface area contributed by atoms with Crippen LogP contribution in [0.1, 0.15) is 19.4 Å². The van der Waals surface area contributed by atoms with Crippen molar-refractivity contribution in [1.82, 2.24) is 0 Å². The molecule has 0 aromatic heterocycles. The average molecular weight is 280 g/mol. The minimum Gasteiger partial charge on any atom is -0.373 e. The van der Waals surface area contributed by atoms with Crippen LogP contribution < -0.4 is 0 Å². The lowest BCUT2D eigenvalue weighted by Crippen LogP contribution is -2.26. The molecular formula is C16H21FO3. The highest BCUT2D eigenvalue weighted by molar-refractivity contribution is 5.13. The van der Waals surface area contributed by atoms with Crippen molar-refractivity contribution in [2.75, 3.05) is 13.2 Å². The molecule has 1 aromatic carbocycles. The highest BCUT2D eigenvalue weighted by Gasteiger charge is 2.36. The van der Waals surface area contributed by atoms with Crippen molar-refractivity contribution < 1.29 is 18.6 Å². The molecule has 110 valence electrons. The number of hydrogen-bond acceptors (Lipinski definition) is 3. The maximum Gasteiger partial charge on any atom is 0.163 e. The van der Waals surface area contributed by atoms with Crippen LogP contribution in [0.25, 0.3) is 0 Å². The summed E-state index contributed by atoms with van der Waals surface area (Å²) in [4.78, 5) is 0. The minimum absolute atomic E-state index is 0.281. The molecule has 1 aliphatic heterocycles. The van der Waals surface area contributed by atoms with E-state index in [9.17, 15) is 4.39 Å². The third kappa shape index (κ3) is 4.71. The van der Waals surface area contributed by atoms with Crippen LogP contribution >= 0.6 is 0 Å². The molecule has 0 unspecified atom stereocenters. The van der Waals surface area contributed by atoms with Crippen molar-refractivity contribution in [1.29, 1.82) is 0 Å². The van der Waals surface area contributed by atoms with Crippen LogP contribution in [-0.2, 0) is 20.8 Å². The SMILES string of the molecule is CC1(C)OC[C@H]([C@@H](F)/C=C/COCc2ccccc2)O1. The normalized spacial score (nSPS) is 23.2. The van der Waals surface area contributed by atoms with Gasteiger partial charge in [-0.2, -0.15) is 0 Å². The van der Waals surface area contributed by atoms with E-state index >= 15 is 0 Å². The van der Waals surface area contributed by atoms with Gasteiger partial charge in [0.25, 0.3) is 0 Å². The lowest BCUT2D eigenvalue weighted by molar-refractivity contribution is -0.143. The number of alkyl halides is 1. The van der Waals surface area contributed by atoms with E-state index in [2.05, 4.69) is 0 Å². The molecule has 0 radical (unpaired) electrons. The molecule has 1 saturated heterocycles. The molecule has 0 saturated carbocycles. The first kappa shape index (κ1) is 15.2. The molecule has 0 amide bonds. The molecule has 0 bridgehead atoms. The quantitative estimate of drug-likeness (QED) is 0.591. The van der Waals surface area contributed by atoms with Crippen LogP contribution in [0, 0.1) is 0 Å². The second-order valence-corrected chi connectivity index (χ2v) is 5.24. The maximum atomic E-state index is 13.9. The average Bonchev–Trinajstić information content (AvgIpc) is 2.80. The van der Waals surface area contributed by atoms with Crippen LogP contribution in [0.4, 0.5) is 4.39 Å². The van der Waals surface area contributed by atoms with Crippen molar-refractivity contribution in [3.05, 3.63) is 48.0 Å². The lowest BCUT2D eigenvalue weighted by atomic mass is 10.2. The molecule has 20 heavy (non-hydrogen) atoms. The summed E-state index contributed by atoms with van der Waals surface area (Å²) in [7, 11) is 0. The fourth-order valence-corrected chi connectivity index (χ4v) is 2.00. The molecule has 0 aliphatic carbocycles. The Labute approximate surface area is 119 Å². The molecule has 2 rings (SSSR count). The van der Waals surface area contributed by atoms with Gasteiger partial charge in [-0.3, -0.25) is 0 Å². The fourth-order valence-electron chi connectivity index (χ4n) is 2.00. The molecule has 4 heteroatoms. The first-order chi connectivity index (χ1) is 9.57. The van der Waals surface area contributed by atoms with Gasteiger partial charge < -0.3 is 14.2 Å². The zero-order valence-electron chi connectivity index (χ0n) is 11.9. The fraction of sp³-hybridized carbons (Fsp3) is 0.500. The number of benzene rings is 1.